The Morgan fingerprint density at radius 3 is 2.06 bits per heavy atom. The van der Waals surface area contributed by atoms with Crippen LogP contribution >= 0.6 is 0 Å². The van der Waals surface area contributed by atoms with Gasteiger partial charge in [0.2, 0.25) is 0 Å². The van der Waals surface area contributed by atoms with E-state index >= 15 is 0 Å². The normalized spacial score (nSPS) is 45.8. The topological polar surface area (TPSA) is 29.5 Å². The van der Waals surface area contributed by atoms with Crippen LogP contribution in [-0.2, 0) is 4.74 Å². The zero-order valence-electron chi connectivity index (χ0n) is 8.92. The molecule has 104 valence electrons. The fraction of sp³-hybridized carbons (Fsp3) is 1.00. The minimum Gasteiger partial charge on any atom is -0.393 e. The van der Waals surface area contributed by atoms with E-state index in [-0.39, 0.29) is 18.8 Å². The van der Waals surface area contributed by atoms with Crippen molar-refractivity contribution in [3.63, 3.8) is 0 Å². The van der Waals surface area contributed by atoms with Crippen LogP contribution in [0.2, 0.25) is 0 Å². The number of aliphatic hydroxyl groups excluding tert-OH is 1. The van der Waals surface area contributed by atoms with Gasteiger partial charge in [-0.25, -0.2) is 0 Å². The summed E-state index contributed by atoms with van der Waals surface area (Å²) in [5, 5.41) is 9.51. The van der Waals surface area contributed by atoms with Crippen molar-refractivity contribution >= 4 is 0 Å². The van der Waals surface area contributed by atoms with E-state index in [0.717, 1.165) is 0 Å². The van der Waals surface area contributed by atoms with Crippen molar-refractivity contribution < 1.29 is 36.2 Å². The number of rotatable bonds is 0. The Kier molecular flexibility index (Phi) is 2.19. The number of fused-ring (bicyclic) bond motifs is 5. The average Bonchev–Trinajstić information content (AvgIpc) is 2.51. The molecule has 8 heteroatoms. The molecule has 3 fully saturated rings. The zero-order valence-corrected chi connectivity index (χ0v) is 8.92. The molecular weight excluding hydrogens is 266 g/mol. The number of halogens is 6. The van der Waals surface area contributed by atoms with Gasteiger partial charge >= 0.3 is 12.4 Å². The van der Waals surface area contributed by atoms with Gasteiger partial charge in [-0.05, 0) is 24.7 Å². The van der Waals surface area contributed by atoms with Gasteiger partial charge in [0.15, 0.2) is 0 Å². The minimum atomic E-state index is -5.50. The molecule has 1 heterocycles. The molecule has 2 saturated carbocycles. The van der Waals surface area contributed by atoms with E-state index in [2.05, 4.69) is 4.74 Å². The Bertz CT molecular complexity index is 362. The van der Waals surface area contributed by atoms with Crippen molar-refractivity contribution in [1.82, 2.24) is 0 Å². The average molecular weight is 276 g/mol. The predicted molar refractivity (Wildman–Crippen MR) is 45.4 cm³/mol. The second-order valence-corrected chi connectivity index (χ2v) is 5.30. The summed E-state index contributed by atoms with van der Waals surface area (Å²) in [7, 11) is 0. The van der Waals surface area contributed by atoms with Gasteiger partial charge in [0.1, 0.15) is 0 Å². The highest BCUT2D eigenvalue weighted by Crippen LogP contribution is 2.69. The molecule has 1 aliphatic heterocycles. The third-order valence-electron chi connectivity index (χ3n) is 4.53. The van der Waals surface area contributed by atoms with Crippen molar-refractivity contribution in [1.29, 1.82) is 0 Å². The van der Waals surface area contributed by atoms with Gasteiger partial charge in [0, 0.05) is 5.92 Å². The minimum absolute atomic E-state index is 0.185. The van der Waals surface area contributed by atoms with E-state index in [1.165, 1.54) is 0 Å². The molecule has 0 aromatic carbocycles. The molecule has 2 nitrogen and oxygen atoms in total. The lowest BCUT2D eigenvalue weighted by atomic mass is 9.67. The molecule has 0 aromatic rings. The first kappa shape index (κ1) is 12.5. The lowest BCUT2D eigenvalue weighted by Crippen LogP contribution is -2.76. The third-order valence-corrected chi connectivity index (χ3v) is 4.53. The van der Waals surface area contributed by atoms with Crippen molar-refractivity contribution in [2.24, 2.45) is 17.8 Å². The van der Waals surface area contributed by atoms with E-state index in [1.54, 1.807) is 0 Å². The summed E-state index contributed by atoms with van der Waals surface area (Å²) in [6.45, 7) is 0. The molecule has 3 aliphatic rings. The number of alkyl halides is 6. The second kappa shape index (κ2) is 3.15. The van der Waals surface area contributed by atoms with Gasteiger partial charge in [-0.15, -0.1) is 0 Å². The first-order chi connectivity index (χ1) is 8.09. The maximum absolute atomic E-state index is 12.8. The number of hydrogen-bond donors (Lipinski definition) is 1. The summed E-state index contributed by atoms with van der Waals surface area (Å²) in [5.41, 5.74) is -4.08. The van der Waals surface area contributed by atoms with Crippen LogP contribution < -0.4 is 0 Å². The smallest absolute Gasteiger partial charge is 0.393 e. The van der Waals surface area contributed by atoms with E-state index in [4.69, 9.17) is 0 Å². The summed E-state index contributed by atoms with van der Waals surface area (Å²) in [5.74, 6) is -3.03. The summed E-state index contributed by atoms with van der Waals surface area (Å²) in [6, 6.07) is 0. The molecule has 0 aromatic heterocycles. The standard InChI is InChI=1S/C10H10F6O2/c11-9(12,13)8(10(14,15)16)6-4-1-3(2-5(4)17)7(6)18-8/h3-7,17H,1-2H2/t3-,4-,5?,6?,7?/m0/s1. The molecule has 0 amide bonds. The van der Waals surface area contributed by atoms with Gasteiger partial charge in [0.05, 0.1) is 12.2 Å². The van der Waals surface area contributed by atoms with Gasteiger partial charge in [-0.1, -0.05) is 0 Å². The maximum Gasteiger partial charge on any atom is 0.426 e. The Labute approximate surface area is 97.9 Å². The SMILES string of the molecule is OC1C[C@@H]2C[C@@H]1C1C2OC1(C(F)(F)F)C(F)(F)F. The Morgan fingerprint density at radius 2 is 1.56 bits per heavy atom. The van der Waals surface area contributed by atoms with Crippen LogP contribution in [0.3, 0.4) is 0 Å². The summed E-state index contributed by atoms with van der Waals surface area (Å²) >= 11 is 0. The molecule has 1 N–H and O–H groups in total. The third kappa shape index (κ3) is 1.18. The number of ether oxygens (including phenoxy) is 1. The van der Waals surface area contributed by atoms with Gasteiger partial charge < -0.3 is 9.84 Å². The summed E-state index contributed by atoms with van der Waals surface area (Å²) in [6.07, 6.45) is -12.7. The molecule has 0 radical (unpaired) electrons. The Balaban J connectivity index is 2.01. The highest BCUT2D eigenvalue weighted by atomic mass is 19.4. The zero-order chi connectivity index (χ0) is 13.5. The van der Waals surface area contributed by atoms with Crippen LogP contribution in [0.25, 0.3) is 0 Å². The van der Waals surface area contributed by atoms with E-state index in [0.29, 0.717) is 0 Å². The summed E-state index contributed by atoms with van der Waals surface area (Å²) in [4.78, 5) is 0. The van der Waals surface area contributed by atoms with Crippen molar-refractivity contribution in [2.75, 3.05) is 0 Å². The maximum atomic E-state index is 12.8. The van der Waals surface area contributed by atoms with E-state index in [1.807, 2.05) is 0 Å². The van der Waals surface area contributed by atoms with Crippen LogP contribution in [-0.4, -0.2) is 35.3 Å². The van der Waals surface area contributed by atoms with Crippen LogP contribution in [0, 0.1) is 17.8 Å². The quantitative estimate of drug-likeness (QED) is 0.688. The Morgan fingerprint density at radius 1 is 1.00 bits per heavy atom. The molecule has 2 bridgehead atoms. The first-order valence-electron chi connectivity index (χ1n) is 5.59. The summed E-state index contributed by atoms with van der Waals surface area (Å²) < 4.78 is 81.2. The van der Waals surface area contributed by atoms with Crippen LogP contribution in [0.5, 0.6) is 0 Å². The Hall–Kier alpha value is -0.500. The largest absolute Gasteiger partial charge is 0.426 e. The molecule has 3 rings (SSSR count). The molecule has 3 unspecified atom stereocenters. The fourth-order valence-electron chi connectivity index (χ4n) is 3.87. The number of hydrogen-bond acceptors (Lipinski definition) is 2. The molecule has 1 saturated heterocycles. The van der Waals surface area contributed by atoms with Gasteiger partial charge in [-0.3, -0.25) is 0 Å². The molecular formula is C10H10F6O2. The first-order valence-corrected chi connectivity index (χ1v) is 5.59. The van der Waals surface area contributed by atoms with E-state index in [9.17, 15) is 31.4 Å². The van der Waals surface area contributed by atoms with Crippen LogP contribution in [0.15, 0.2) is 0 Å². The lowest BCUT2D eigenvalue weighted by molar-refractivity contribution is -0.473. The van der Waals surface area contributed by atoms with Gasteiger partial charge in [-0.2, -0.15) is 26.3 Å². The second-order valence-electron chi connectivity index (χ2n) is 5.30. The predicted octanol–water partition coefficient (Wildman–Crippen LogP) is 2.27. The molecule has 2 aliphatic carbocycles. The van der Waals surface area contributed by atoms with E-state index < -0.39 is 42.0 Å². The molecule has 5 atom stereocenters. The number of aliphatic hydroxyl groups is 1. The molecule has 0 spiro atoms. The van der Waals surface area contributed by atoms with Crippen molar-refractivity contribution in [2.45, 2.75) is 43.0 Å². The monoisotopic (exact) mass is 276 g/mol. The van der Waals surface area contributed by atoms with Crippen molar-refractivity contribution in [3.05, 3.63) is 0 Å². The highest BCUT2D eigenvalue weighted by molar-refractivity contribution is 5.20. The van der Waals surface area contributed by atoms with Crippen LogP contribution in [0.1, 0.15) is 12.8 Å². The fourth-order valence-corrected chi connectivity index (χ4v) is 3.87. The van der Waals surface area contributed by atoms with Gasteiger partial charge in [0.25, 0.3) is 5.60 Å². The highest BCUT2D eigenvalue weighted by Gasteiger charge is 2.86. The lowest BCUT2D eigenvalue weighted by Gasteiger charge is -2.57. The van der Waals surface area contributed by atoms with Crippen LogP contribution in [0.4, 0.5) is 26.3 Å². The molecule has 18 heavy (non-hydrogen) atoms. The van der Waals surface area contributed by atoms with Crippen molar-refractivity contribution in [3.8, 4) is 0 Å².